The van der Waals surface area contributed by atoms with Crippen molar-refractivity contribution >= 4 is 11.5 Å². The van der Waals surface area contributed by atoms with Crippen LogP contribution in [0.1, 0.15) is 32.1 Å². The lowest BCUT2D eigenvalue weighted by Crippen LogP contribution is -2.17. The number of hydrogen-bond donors (Lipinski definition) is 2. The van der Waals surface area contributed by atoms with Gasteiger partial charge in [-0.1, -0.05) is 19.3 Å². The van der Waals surface area contributed by atoms with Crippen molar-refractivity contribution in [2.24, 2.45) is 5.92 Å². The van der Waals surface area contributed by atoms with Crippen molar-refractivity contribution in [1.82, 2.24) is 4.98 Å². The molecular formula is C12H19N3. The SMILES string of the molecule is Nc1ccc(NCC2CCCCC2)nc1. The van der Waals surface area contributed by atoms with E-state index in [4.69, 9.17) is 5.73 Å². The normalized spacial score (nSPS) is 17.6. The monoisotopic (exact) mass is 205 g/mol. The fraction of sp³-hybridized carbons (Fsp3) is 0.583. The van der Waals surface area contributed by atoms with Crippen LogP contribution in [0.15, 0.2) is 18.3 Å². The second kappa shape index (κ2) is 5.01. The second-order valence-corrected chi connectivity index (χ2v) is 4.36. The van der Waals surface area contributed by atoms with Gasteiger partial charge < -0.3 is 11.1 Å². The molecule has 0 bridgehead atoms. The molecule has 1 aromatic heterocycles. The number of pyridine rings is 1. The van der Waals surface area contributed by atoms with Gasteiger partial charge in [0.25, 0.3) is 0 Å². The molecule has 1 aliphatic rings. The molecule has 3 heteroatoms. The Balaban J connectivity index is 1.79. The van der Waals surface area contributed by atoms with Crippen LogP contribution >= 0.6 is 0 Å². The molecule has 0 atom stereocenters. The highest BCUT2D eigenvalue weighted by atomic mass is 15.0. The zero-order valence-electron chi connectivity index (χ0n) is 9.08. The highest BCUT2D eigenvalue weighted by molar-refractivity contribution is 5.43. The van der Waals surface area contributed by atoms with Crippen LogP contribution in [0.5, 0.6) is 0 Å². The zero-order valence-corrected chi connectivity index (χ0v) is 9.08. The van der Waals surface area contributed by atoms with E-state index in [0.717, 1.165) is 24.0 Å². The van der Waals surface area contributed by atoms with Crippen molar-refractivity contribution in [3.05, 3.63) is 18.3 Å². The predicted molar refractivity (Wildman–Crippen MR) is 63.7 cm³/mol. The van der Waals surface area contributed by atoms with Crippen molar-refractivity contribution in [2.45, 2.75) is 32.1 Å². The van der Waals surface area contributed by atoms with Crippen LogP contribution in [0.3, 0.4) is 0 Å². The van der Waals surface area contributed by atoms with E-state index in [1.807, 2.05) is 12.1 Å². The summed E-state index contributed by atoms with van der Waals surface area (Å²) < 4.78 is 0. The molecule has 82 valence electrons. The first-order valence-corrected chi connectivity index (χ1v) is 5.80. The van der Waals surface area contributed by atoms with Crippen LogP contribution < -0.4 is 11.1 Å². The average Bonchev–Trinajstić information content (AvgIpc) is 2.30. The summed E-state index contributed by atoms with van der Waals surface area (Å²) in [6, 6.07) is 3.83. The fourth-order valence-corrected chi connectivity index (χ4v) is 2.15. The van der Waals surface area contributed by atoms with E-state index in [1.165, 1.54) is 32.1 Å². The van der Waals surface area contributed by atoms with Gasteiger partial charge in [0.05, 0.1) is 11.9 Å². The Kier molecular flexibility index (Phi) is 3.43. The molecule has 0 aliphatic heterocycles. The Labute approximate surface area is 91.1 Å². The lowest BCUT2D eigenvalue weighted by atomic mass is 9.89. The molecule has 1 aliphatic carbocycles. The number of rotatable bonds is 3. The highest BCUT2D eigenvalue weighted by Gasteiger charge is 2.12. The maximum atomic E-state index is 5.58. The number of anilines is 2. The Morgan fingerprint density at radius 3 is 2.73 bits per heavy atom. The Hall–Kier alpha value is -1.25. The summed E-state index contributed by atoms with van der Waals surface area (Å²) in [6.07, 6.45) is 8.62. The zero-order chi connectivity index (χ0) is 10.5. The Bertz CT molecular complexity index is 288. The van der Waals surface area contributed by atoms with Gasteiger partial charge in [0.2, 0.25) is 0 Å². The summed E-state index contributed by atoms with van der Waals surface area (Å²) >= 11 is 0. The van der Waals surface area contributed by atoms with Crippen LogP contribution in [-0.2, 0) is 0 Å². The lowest BCUT2D eigenvalue weighted by molar-refractivity contribution is 0.373. The van der Waals surface area contributed by atoms with Gasteiger partial charge in [-0.05, 0) is 30.9 Å². The van der Waals surface area contributed by atoms with E-state index in [0.29, 0.717) is 0 Å². The third-order valence-corrected chi connectivity index (χ3v) is 3.08. The summed E-state index contributed by atoms with van der Waals surface area (Å²) in [5.41, 5.74) is 6.30. The van der Waals surface area contributed by atoms with E-state index in [-0.39, 0.29) is 0 Å². The molecular weight excluding hydrogens is 186 g/mol. The van der Waals surface area contributed by atoms with Gasteiger partial charge in [0.1, 0.15) is 5.82 Å². The molecule has 0 saturated heterocycles. The maximum Gasteiger partial charge on any atom is 0.126 e. The second-order valence-electron chi connectivity index (χ2n) is 4.36. The van der Waals surface area contributed by atoms with Crippen LogP contribution in [-0.4, -0.2) is 11.5 Å². The molecule has 1 heterocycles. The van der Waals surface area contributed by atoms with Crippen molar-refractivity contribution < 1.29 is 0 Å². The Morgan fingerprint density at radius 1 is 1.27 bits per heavy atom. The maximum absolute atomic E-state index is 5.58. The predicted octanol–water partition coefficient (Wildman–Crippen LogP) is 2.66. The minimum absolute atomic E-state index is 0.721. The number of nitrogens with zero attached hydrogens (tertiary/aromatic N) is 1. The van der Waals surface area contributed by atoms with E-state index < -0.39 is 0 Å². The van der Waals surface area contributed by atoms with E-state index in [9.17, 15) is 0 Å². The van der Waals surface area contributed by atoms with Gasteiger partial charge in [-0.15, -0.1) is 0 Å². The number of nitrogens with two attached hydrogens (primary N) is 1. The van der Waals surface area contributed by atoms with Gasteiger partial charge >= 0.3 is 0 Å². The number of hydrogen-bond acceptors (Lipinski definition) is 3. The third kappa shape index (κ3) is 3.11. The first-order valence-electron chi connectivity index (χ1n) is 5.80. The average molecular weight is 205 g/mol. The summed E-state index contributed by atoms with van der Waals surface area (Å²) in [4.78, 5) is 4.23. The van der Waals surface area contributed by atoms with Gasteiger partial charge in [-0.3, -0.25) is 0 Å². The number of nitrogens with one attached hydrogen (secondary N) is 1. The smallest absolute Gasteiger partial charge is 0.126 e. The molecule has 3 N–H and O–H groups in total. The molecule has 15 heavy (non-hydrogen) atoms. The number of aromatic nitrogens is 1. The van der Waals surface area contributed by atoms with Crippen molar-refractivity contribution in [3.63, 3.8) is 0 Å². The Morgan fingerprint density at radius 2 is 2.07 bits per heavy atom. The summed E-state index contributed by atoms with van der Waals surface area (Å²) in [5, 5.41) is 3.37. The van der Waals surface area contributed by atoms with Crippen LogP contribution in [0.2, 0.25) is 0 Å². The molecule has 0 amide bonds. The van der Waals surface area contributed by atoms with E-state index >= 15 is 0 Å². The standard InChI is InChI=1S/C12H19N3/c13-11-6-7-12(15-9-11)14-8-10-4-2-1-3-5-10/h6-7,9-10H,1-5,8,13H2,(H,14,15). The highest BCUT2D eigenvalue weighted by Crippen LogP contribution is 2.23. The fourth-order valence-electron chi connectivity index (χ4n) is 2.15. The van der Waals surface area contributed by atoms with Gasteiger partial charge in [-0.25, -0.2) is 4.98 Å². The molecule has 0 unspecified atom stereocenters. The summed E-state index contributed by atoms with van der Waals surface area (Å²) in [7, 11) is 0. The third-order valence-electron chi connectivity index (χ3n) is 3.08. The minimum atomic E-state index is 0.721. The largest absolute Gasteiger partial charge is 0.397 e. The summed E-state index contributed by atoms with van der Waals surface area (Å²) in [6.45, 7) is 1.05. The van der Waals surface area contributed by atoms with Crippen molar-refractivity contribution in [3.8, 4) is 0 Å². The van der Waals surface area contributed by atoms with Crippen LogP contribution in [0.25, 0.3) is 0 Å². The van der Waals surface area contributed by atoms with Crippen LogP contribution in [0.4, 0.5) is 11.5 Å². The van der Waals surface area contributed by atoms with E-state index in [2.05, 4.69) is 10.3 Å². The number of nitrogen functional groups attached to an aromatic ring is 1. The van der Waals surface area contributed by atoms with E-state index in [1.54, 1.807) is 6.20 Å². The van der Waals surface area contributed by atoms with Crippen LogP contribution in [0, 0.1) is 5.92 Å². The van der Waals surface area contributed by atoms with Gasteiger partial charge in [-0.2, -0.15) is 0 Å². The first kappa shape index (κ1) is 10.3. The molecule has 0 radical (unpaired) electrons. The molecule has 1 aromatic rings. The molecule has 1 saturated carbocycles. The molecule has 0 aromatic carbocycles. The first-order chi connectivity index (χ1) is 7.34. The summed E-state index contributed by atoms with van der Waals surface area (Å²) in [5.74, 6) is 1.77. The minimum Gasteiger partial charge on any atom is -0.397 e. The van der Waals surface area contributed by atoms with Gasteiger partial charge in [0.15, 0.2) is 0 Å². The molecule has 1 fully saturated rings. The molecule has 0 spiro atoms. The lowest BCUT2D eigenvalue weighted by Gasteiger charge is -2.21. The molecule has 3 nitrogen and oxygen atoms in total. The van der Waals surface area contributed by atoms with Crippen molar-refractivity contribution in [2.75, 3.05) is 17.6 Å². The quantitative estimate of drug-likeness (QED) is 0.797. The topological polar surface area (TPSA) is 50.9 Å². The van der Waals surface area contributed by atoms with Gasteiger partial charge in [0, 0.05) is 6.54 Å². The van der Waals surface area contributed by atoms with Crippen molar-refractivity contribution in [1.29, 1.82) is 0 Å². The molecule has 2 rings (SSSR count).